The summed E-state index contributed by atoms with van der Waals surface area (Å²) in [7, 11) is 0. The first kappa shape index (κ1) is 18.5. The quantitative estimate of drug-likeness (QED) is 0.676. The lowest BCUT2D eigenvalue weighted by Crippen LogP contribution is -2.48. The number of anilines is 1. The Kier molecular flexibility index (Phi) is 4.40. The Bertz CT molecular complexity index is 912. The number of aryl methyl sites for hydroxylation is 1. The number of rotatable bonds is 4. The van der Waals surface area contributed by atoms with Gasteiger partial charge in [0.1, 0.15) is 5.75 Å². The first-order valence-corrected chi connectivity index (χ1v) is 11.8. The highest BCUT2D eigenvalue weighted by Gasteiger charge is 2.51. The Morgan fingerprint density at radius 1 is 0.933 bits per heavy atom. The van der Waals surface area contributed by atoms with Gasteiger partial charge in [-0.1, -0.05) is 30.3 Å². The van der Waals surface area contributed by atoms with Gasteiger partial charge in [0.2, 0.25) is 0 Å². The van der Waals surface area contributed by atoms with Crippen LogP contribution in [0.3, 0.4) is 0 Å². The SMILES string of the molecule is O=C(COc1ccc(C23CC4CC(CC(C4)C2)C3)cc1)N1CCCc2ccccc21. The molecule has 1 amide bonds. The molecule has 0 atom stereocenters. The van der Waals surface area contributed by atoms with Crippen LogP contribution in [0.5, 0.6) is 5.75 Å². The number of benzene rings is 2. The second-order valence-corrected chi connectivity index (χ2v) is 10.3. The molecule has 3 nitrogen and oxygen atoms in total. The Labute approximate surface area is 179 Å². The van der Waals surface area contributed by atoms with E-state index in [1.807, 2.05) is 17.0 Å². The van der Waals surface area contributed by atoms with Crippen LogP contribution < -0.4 is 9.64 Å². The van der Waals surface area contributed by atoms with Crippen molar-refractivity contribution in [3.63, 3.8) is 0 Å². The predicted octanol–water partition coefficient (Wildman–Crippen LogP) is 5.51. The standard InChI is InChI=1S/C27H31NO2/c29-26(28-11-3-5-22-4-1-2-6-25(22)28)18-30-24-9-7-23(8-10-24)27-15-19-12-20(16-27)14-21(13-19)17-27/h1-2,4,6-10,19-21H,3,5,11-18H2. The van der Waals surface area contributed by atoms with Crippen molar-refractivity contribution in [1.82, 2.24) is 0 Å². The van der Waals surface area contributed by atoms with Crippen LogP contribution in [0.1, 0.15) is 56.1 Å². The monoisotopic (exact) mass is 401 g/mol. The largest absolute Gasteiger partial charge is 0.484 e. The van der Waals surface area contributed by atoms with E-state index in [-0.39, 0.29) is 12.5 Å². The van der Waals surface area contributed by atoms with E-state index in [0.29, 0.717) is 5.41 Å². The first-order valence-electron chi connectivity index (χ1n) is 11.8. The number of hydrogen-bond acceptors (Lipinski definition) is 2. The lowest BCUT2D eigenvalue weighted by molar-refractivity contribution is -0.120. The smallest absolute Gasteiger partial charge is 0.264 e. The van der Waals surface area contributed by atoms with E-state index in [1.54, 1.807) is 0 Å². The molecule has 7 rings (SSSR count). The van der Waals surface area contributed by atoms with Gasteiger partial charge in [-0.15, -0.1) is 0 Å². The summed E-state index contributed by atoms with van der Waals surface area (Å²) in [4.78, 5) is 14.7. The van der Waals surface area contributed by atoms with Gasteiger partial charge in [-0.2, -0.15) is 0 Å². The van der Waals surface area contributed by atoms with Crippen molar-refractivity contribution in [2.75, 3.05) is 18.1 Å². The predicted molar refractivity (Wildman–Crippen MR) is 119 cm³/mol. The molecular formula is C27H31NO2. The van der Waals surface area contributed by atoms with Gasteiger partial charge in [-0.05, 0) is 104 Å². The molecule has 5 aliphatic rings. The minimum Gasteiger partial charge on any atom is -0.484 e. The number of ether oxygens (including phenoxy) is 1. The van der Waals surface area contributed by atoms with Crippen LogP contribution in [0.4, 0.5) is 5.69 Å². The topological polar surface area (TPSA) is 29.5 Å². The fourth-order valence-corrected chi connectivity index (χ4v) is 7.38. The summed E-state index contributed by atoms with van der Waals surface area (Å²) < 4.78 is 5.92. The molecule has 0 spiro atoms. The third kappa shape index (κ3) is 3.14. The molecule has 30 heavy (non-hydrogen) atoms. The van der Waals surface area contributed by atoms with Gasteiger partial charge < -0.3 is 9.64 Å². The van der Waals surface area contributed by atoms with E-state index in [2.05, 4.69) is 36.4 Å². The molecule has 0 saturated heterocycles. The second kappa shape index (κ2) is 7.14. The van der Waals surface area contributed by atoms with Gasteiger partial charge in [0.25, 0.3) is 5.91 Å². The van der Waals surface area contributed by atoms with Gasteiger partial charge >= 0.3 is 0 Å². The van der Waals surface area contributed by atoms with Gasteiger partial charge in [0.05, 0.1) is 0 Å². The number of para-hydroxylation sites is 1. The van der Waals surface area contributed by atoms with Crippen molar-refractivity contribution in [1.29, 1.82) is 0 Å². The summed E-state index contributed by atoms with van der Waals surface area (Å²) in [5.74, 6) is 3.72. The van der Waals surface area contributed by atoms with E-state index in [0.717, 1.165) is 48.6 Å². The molecule has 1 heterocycles. The number of hydrogen-bond donors (Lipinski definition) is 0. The molecule has 4 saturated carbocycles. The Hall–Kier alpha value is -2.29. The van der Waals surface area contributed by atoms with Crippen molar-refractivity contribution in [2.24, 2.45) is 17.8 Å². The molecule has 3 heteroatoms. The molecule has 2 aromatic rings. The highest BCUT2D eigenvalue weighted by Crippen LogP contribution is 2.60. The third-order valence-corrected chi connectivity index (χ3v) is 8.28. The van der Waals surface area contributed by atoms with Gasteiger partial charge in [-0.3, -0.25) is 4.79 Å². The number of amides is 1. The van der Waals surface area contributed by atoms with Crippen molar-refractivity contribution < 1.29 is 9.53 Å². The van der Waals surface area contributed by atoms with E-state index >= 15 is 0 Å². The Morgan fingerprint density at radius 2 is 1.60 bits per heavy atom. The zero-order valence-corrected chi connectivity index (χ0v) is 17.7. The van der Waals surface area contributed by atoms with Crippen LogP contribution in [0.15, 0.2) is 48.5 Å². The average Bonchev–Trinajstić information content (AvgIpc) is 2.76. The van der Waals surface area contributed by atoms with Gasteiger partial charge in [0, 0.05) is 12.2 Å². The van der Waals surface area contributed by atoms with Crippen LogP contribution in [-0.2, 0) is 16.6 Å². The molecule has 0 N–H and O–H groups in total. The first-order chi connectivity index (χ1) is 14.7. The lowest BCUT2D eigenvalue weighted by Gasteiger charge is -2.57. The molecule has 4 fully saturated rings. The maximum absolute atomic E-state index is 12.8. The van der Waals surface area contributed by atoms with Crippen LogP contribution in [0.2, 0.25) is 0 Å². The molecule has 156 valence electrons. The highest BCUT2D eigenvalue weighted by molar-refractivity contribution is 5.95. The fourth-order valence-electron chi connectivity index (χ4n) is 7.38. The summed E-state index contributed by atoms with van der Waals surface area (Å²) in [5, 5.41) is 0. The van der Waals surface area contributed by atoms with E-state index in [9.17, 15) is 4.79 Å². The summed E-state index contributed by atoms with van der Waals surface area (Å²) >= 11 is 0. The average molecular weight is 402 g/mol. The maximum atomic E-state index is 12.8. The normalized spacial score (nSPS) is 31.5. The van der Waals surface area contributed by atoms with Crippen molar-refractivity contribution in [3.05, 3.63) is 59.7 Å². The Balaban J connectivity index is 1.13. The van der Waals surface area contributed by atoms with Crippen molar-refractivity contribution in [2.45, 2.75) is 56.8 Å². The minimum absolute atomic E-state index is 0.0484. The van der Waals surface area contributed by atoms with Crippen LogP contribution in [0.25, 0.3) is 0 Å². The van der Waals surface area contributed by atoms with Crippen LogP contribution in [-0.4, -0.2) is 19.1 Å². The molecule has 4 bridgehead atoms. The molecule has 0 radical (unpaired) electrons. The second-order valence-electron chi connectivity index (χ2n) is 10.3. The van der Waals surface area contributed by atoms with Crippen LogP contribution >= 0.6 is 0 Å². The number of carbonyl (C=O) groups is 1. The summed E-state index contributed by atoms with van der Waals surface area (Å²) in [5.41, 5.74) is 4.23. The molecule has 0 unspecified atom stereocenters. The van der Waals surface area contributed by atoms with Gasteiger partial charge in [-0.25, -0.2) is 0 Å². The zero-order chi connectivity index (χ0) is 20.1. The number of fused-ring (bicyclic) bond motifs is 1. The van der Waals surface area contributed by atoms with Crippen LogP contribution in [0, 0.1) is 17.8 Å². The zero-order valence-electron chi connectivity index (χ0n) is 17.7. The lowest BCUT2D eigenvalue weighted by atomic mass is 9.48. The van der Waals surface area contributed by atoms with Crippen molar-refractivity contribution >= 4 is 11.6 Å². The maximum Gasteiger partial charge on any atom is 0.264 e. The number of carbonyl (C=O) groups excluding carboxylic acids is 1. The summed E-state index contributed by atoms with van der Waals surface area (Å²) in [6.07, 6.45) is 10.6. The summed E-state index contributed by atoms with van der Waals surface area (Å²) in [6.45, 7) is 0.884. The minimum atomic E-state index is 0.0484. The Morgan fingerprint density at radius 3 is 2.30 bits per heavy atom. The van der Waals surface area contributed by atoms with E-state index in [4.69, 9.17) is 4.74 Å². The van der Waals surface area contributed by atoms with Crippen molar-refractivity contribution in [3.8, 4) is 5.75 Å². The fraction of sp³-hybridized carbons (Fsp3) is 0.519. The molecule has 1 aliphatic heterocycles. The van der Waals surface area contributed by atoms with E-state index in [1.165, 1.54) is 49.7 Å². The molecular weight excluding hydrogens is 370 g/mol. The molecule has 2 aromatic carbocycles. The highest BCUT2D eigenvalue weighted by atomic mass is 16.5. The van der Waals surface area contributed by atoms with Gasteiger partial charge in [0.15, 0.2) is 6.61 Å². The summed E-state index contributed by atoms with van der Waals surface area (Å²) in [6, 6.07) is 17.0. The van der Waals surface area contributed by atoms with E-state index < -0.39 is 0 Å². The third-order valence-electron chi connectivity index (χ3n) is 8.28. The molecule has 0 aromatic heterocycles. The molecule has 4 aliphatic carbocycles. The number of nitrogens with zero attached hydrogens (tertiary/aromatic N) is 1.